The number of ether oxygens (including phenoxy) is 1. The molecule has 0 saturated heterocycles. The van der Waals surface area contributed by atoms with Crippen LogP contribution in [0.15, 0.2) is 47.4 Å². The molecule has 0 radical (unpaired) electrons. The van der Waals surface area contributed by atoms with E-state index < -0.39 is 0 Å². The Morgan fingerprint density at radius 1 is 1.39 bits per heavy atom. The van der Waals surface area contributed by atoms with Gasteiger partial charge in [-0.05, 0) is 44.4 Å². The van der Waals surface area contributed by atoms with Crippen molar-refractivity contribution in [1.29, 1.82) is 0 Å². The summed E-state index contributed by atoms with van der Waals surface area (Å²) in [7, 11) is 0. The van der Waals surface area contributed by atoms with Gasteiger partial charge < -0.3 is 4.74 Å². The summed E-state index contributed by atoms with van der Waals surface area (Å²) in [6.45, 7) is 1.90. The third kappa shape index (κ3) is 3.91. The van der Waals surface area contributed by atoms with E-state index in [1.165, 1.54) is 0 Å². The second-order valence-corrected chi connectivity index (χ2v) is 5.82. The van der Waals surface area contributed by atoms with Gasteiger partial charge in [0.15, 0.2) is 0 Å². The van der Waals surface area contributed by atoms with Crippen LogP contribution in [0.25, 0.3) is 0 Å². The average molecular weight is 262 g/mol. The summed E-state index contributed by atoms with van der Waals surface area (Å²) in [5.74, 6) is -0.125. The Labute approximate surface area is 112 Å². The van der Waals surface area contributed by atoms with E-state index in [9.17, 15) is 4.79 Å². The summed E-state index contributed by atoms with van der Waals surface area (Å²) in [5.41, 5.74) is 0. The number of esters is 1. The maximum atomic E-state index is 11.9. The Balaban J connectivity index is 1.85. The largest absolute Gasteiger partial charge is 0.457 e. The van der Waals surface area contributed by atoms with Crippen molar-refractivity contribution >= 4 is 17.7 Å². The SMILES string of the molecule is CC(Sc1ccccc1)C(=O)OC1C=CCCC1. The van der Waals surface area contributed by atoms with Crippen LogP contribution in [-0.4, -0.2) is 17.3 Å². The third-order valence-electron chi connectivity index (χ3n) is 2.87. The summed E-state index contributed by atoms with van der Waals surface area (Å²) in [6.07, 6.45) is 7.23. The maximum absolute atomic E-state index is 11.9. The lowest BCUT2D eigenvalue weighted by Gasteiger charge is -2.19. The van der Waals surface area contributed by atoms with Crippen LogP contribution in [0.1, 0.15) is 26.2 Å². The molecule has 96 valence electrons. The van der Waals surface area contributed by atoms with Crippen LogP contribution in [-0.2, 0) is 9.53 Å². The zero-order valence-corrected chi connectivity index (χ0v) is 11.4. The van der Waals surface area contributed by atoms with Crippen molar-refractivity contribution in [1.82, 2.24) is 0 Å². The number of benzene rings is 1. The van der Waals surface area contributed by atoms with Crippen molar-refractivity contribution in [3.05, 3.63) is 42.5 Å². The molecule has 0 N–H and O–H groups in total. The summed E-state index contributed by atoms with van der Waals surface area (Å²) >= 11 is 1.54. The van der Waals surface area contributed by atoms with Crippen molar-refractivity contribution in [3.8, 4) is 0 Å². The number of carbonyl (C=O) groups excluding carboxylic acids is 1. The highest BCUT2D eigenvalue weighted by Gasteiger charge is 2.20. The number of allylic oxidation sites excluding steroid dienone is 1. The summed E-state index contributed by atoms with van der Waals surface area (Å²) in [6, 6.07) is 9.94. The Bertz CT molecular complexity index is 414. The molecule has 0 saturated carbocycles. The fourth-order valence-electron chi connectivity index (χ4n) is 1.88. The van der Waals surface area contributed by atoms with E-state index in [1.807, 2.05) is 43.3 Å². The van der Waals surface area contributed by atoms with Gasteiger partial charge in [-0.3, -0.25) is 4.79 Å². The van der Waals surface area contributed by atoms with Gasteiger partial charge in [0.1, 0.15) is 11.4 Å². The third-order valence-corrected chi connectivity index (χ3v) is 3.96. The number of hydrogen-bond donors (Lipinski definition) is 0. The molecule has 1 aliphatic carbocycles. The maximum Gasteiger partial charge on any atom is 0.319 e. The summed E-state index contributed by atoms with van der Waals surface area (Å²) < 4.78 is 5.48. The zero-order valence-electron chi connectivity index (χ0n) is 10.5. The molecule has 3 heteroatoms. The molecule has 1 aliphatic rings. The minimum atomic E-state index is -0.164. The zero-order chi connectivity index (χ0) is 12.8. The molecule has 1 aromatic rings. The minimum Gasteiger partial charge on any atom is -0.457 e. The lowest BCUT2D eigenvalue weighted by Crippen LogP contribution is -2.24. The van der Waals surface area contributed by atoms with Gasteiger partial charge in [0, 0.05) is 4.90 Å². The predicted molar refractivity (Wildman–Crippen MR) is 74.6 cm³/mol. The van der Waals surface area contributed by atoms with E-state index in [0.717, 1.165) is 24.2 Å². The number of carbonyl (C=O) groups is 1. The van der Waals surface area contributed by atoms with Crippen LogP contribution in [0.3, 0.4) is 0 Å². The predicted octanol–water partition coefficient (Wildman–Crippen LogP) is 3.82. The molecule has 0 spiro atoms. The normalized spacial score (nSPS) is 20.4. The molecule has 2 atom stereocenters. The van der Waals surface area contributed by atoms with E-state index in [-0.39, 0.29) is 17.3 Å². The molecule has 18 heavy (non-hydrogen) atoms. The molecule has 0 fully saturated rings. The first-order valence-corrected chi connectivity index (χ1v) is 7.22. The van der Waals surface area contributed by atoms with Gasteiger partial charge in [-0.25, -0.2) is 0 Å². The molecular formula is C15H18O2S. The van der Waals surface area contributed by atoms with Gasteiger partial charge in [-0.1, -0.05) is 24.3 Å². The number of rotatable bonds is 4. The van der Waals surface area contributed by atoms with Crippen molar-refractivity contribution in [2.45, 2.75) is 42.4 Å². The standard InChI is InChI=1S/C15H18O2S/c1-12(18-14-10-6-3-7-11-14)15(16)17-13-8-4-2-5-9-13/h3-4,6-8,10-13H,2,5,9H2,1H3. The van der Waals surface area contributed by atoms with Gasteiger partial charge >= 0.3 is 5.97 Å². The fraction of sp³-hybridized carbons (Fsp3) is 0.400. The molecule has 0 aromatic heterocycles. The first-order chi connectivity index (χ1) is 8.75. The smallest absolute Gasteiger partial charge is 0.319 e. The van der Waals surface area contributed by atoms with E-state index in [0.29, 0.717) is 0 Å². The van der Waals surface area contributed by atoms with Gasteiger partial charge in [0.25, 0.3) is 0 Å². The molecule has 0 amide bonds. The highest BCUT2D eigenvalue weighted by Crippen LogP contribution is 2.24. The van der Waals surface area contributed by atoms with Gasteiger partial charge in [-0.15, -0.1) is 11.8 Å². The van der Waals surface area contributed by atoms with Gasteiger partial charge in [0.2, 0.25) is 0 Å². The number of thioether (sulfide) groups is 1. The van der Waals surface area contributed by atoms with Gasteiger partial charge in [-0.2, -0.15) is 0 Å². The summed E-state index contributed by atoms with van der Waals surface area (Å²) in [5, 5.41) is -0.164. The van der Waals surface area contributed by atoms with Crippen molar-refractivity contribution in [3.63, 3.8) is 0 Å². The van der Waals surface area contributed by atoms with E-state index >= 15 is 0 Å². The van der Waals surface area contributed by atoms with Crippen molar-refractivity contribution in [2.24, 2.45) is 0 Å². The fourth-order valence-corrected chi connectivity index (χ4v) is 2.75. The van der Waals surface area contributed by atoms with Crippen molar-refractivity contribution in [2.75, 3.05) is 0 Å². The van der Waals surface area contributed by atoms with Crippen LogP contribution in [0.2, 0.25) is 0 Å². The molecule has 0 aliphatic heterocycles. The Morgan fingerprint density at radius 3 is 2.83 bits per heavy atom. The molecule has 2 nitrogen and oxygen atoms in total. The van der Waals surface area contributed by atoms with Crippen LogP contribution >= 0.6 is 11.8 Å². The molecule has 0 bridgehead atoms. The average Bonchev–Trinajstić information content (AvgIpc) is 2.41. The Morgan fingerprint density at radius 2 is 2.17 bits per heavy atom. The summed E-state index contributed by atoms with van der Waals surface area (Å²) in [4.78, 5) is 13.0. The highest BCUT2D eigenvalue weighted by atomic mass is 32.2. The van der Waals surface area contributed by atoms with Gasteiger partial charge in [0.05, 0.1) is 0 Å². The molecule has 1 aromatic carbocycles. The lowest BCUT2D eigenvalue weighted by molar-refractivity contribution is -0.146. The highest BCUT2D eigenvalue weighted by molar-refractivity contribution is 8.00. The second-order valence-electron chi connectivity index (χ2n) is 4.41. The van der Waals surface area contributed by atoms with E-state index in [1.54, 1.807) is 11.8 Å². The second kappa shape index (κ2) is 6.64. The first kappa shape index (κ1) is 13.2. The molecule has 0 heterocycles. The first-order valence-electron chi connectivity index (χ1n) is 6.34. The molecule has 2 rings (SSSR count). The quantitative estimate of drug-likeness (QED) is 0.469. The topological polar surface area (TPSA) is 26.3 Å². The monoisotopic (exact) mass is 262 g/mol. The van der Waals surface area contributed by atoms with Crippen LogP contribution in [0, 0.1) is 0 Å². The lowest BCUT2D eigenvalue weighted by atomic mass is 10.1. The Kier molecular flexibility index (Phi) is 4.88. The van der Waals surface area contributed by atoms with Crippen LogP contribution < -0.4 is 0 Å². The van der Waals surface area contributed by atoms with Crippen LogP contribution in [0.4, 0.5) is 0 Å². The van der Waals surface area contributed by atoms with E-state index in [4.69, 9.17) is 4.74 Å². The Hall–Kier alpha value is -1.22. The van der Waals surface area contributed by atoms with Crippen molar-refractivity contribution < 1.29 is 9.53 Å². The van der Waals surface area contributed by atoms with Crippen LogP contribution in [0.5, 0.6) is 0 Å². The molecular weight excluding hydrogens is 244 g/mol. The van der Waals surface area contributed by atoms with E-state index in [2.05, 4.69) is 6.08 Å². The molecule has 2 unspecified atom stereocenters. The number of hydrogen-bond acceptors (Lipinski definition) is 3. The minimum absolute atomic E-state index is 0.0231.